The lowest BCUT2D eigenvalue weighted by molar-refractivity contribution is 0.215. The molecule has 4 heteroatoms. The summed E-state index contributed by atoms with van der Waals surface area (Å²) in [5.41, 5.74) is 3.07. The molecule has 0 bridgehead atoms. The van der Waals surface area contributed by atoms with Crippen molar-refractivity contribution in [1.82, 2.24) is 0 Å². The fraction of sp³-hybridized carbons (Fsp3) is 0.235. The van der Waals surface area contributed by atoms with Gasteiger partial charge in [-0.2, -0.15) is 0 Å². The Morgan fingerprint density at radius 2 is 1.57 bits per heavy atom. The van der Waals surface area contributed by atoms with E-state index in [2.05, 4.69) is 5.16 Å². The maximum absolute atomic E-state index is 8.44. The van der Waals surface area contributed by atoms with E-state index < -0.39 is 0 Å². The van der Waals surface area contributed by atoms with Gasteiger partial charge >= 0.3 is 0 Å². The zero-order chi connectivity index (χ0) is 15.1. The second-order valence-corrected chi connectivity index (χ2v) is 4.73. The van der Waals surface area contributed by atoms with Gasteiger partial charge in [0.2, 0.25) is 0 Å². The fourth-order valence-corrected chi connectivity index (χ4v) is 2.05. The summed E-state index contributed by atoms with van der Waals surface area (Å²) in [7, 11) is 0. The van der Waals surface area contributed by atoms with Crippen molar-refractivity contribution in [2.75, 3.05) is 13.2 Å². The third kappa shape index (κ3) is 4.24. The van der Waals surface area contributed by atoms with E-state index in [1.807, 2.05) is 56.3 Å². The number of nitrogens with zero attached hydrogens (tertiary/aromatic N) is 1. The molecule has 0 fully saturated rings. The number of benzene rings is 2. The van der Waals surface area contributed by atoms with Gasteiger partial charge in [0.25, 0.3) is 0 Å². The normalized spacial score (nSPS) is 10.8. The van der Waals surface area contributed by atoms with E-state index in [0.717, 1.165) is 28.2 Å². The van der Waals surface area contributed by atoms with Gasteiger partial charge in [-0.1, -0.05) is 23.4 Å². The van der Waals surface area contributed by atoms with Crippen molar-refractivity contribution in [2.45, 2.75) is 13.8 Å². The first-order valence-corrected chi connectivity index (χ1v) is 6.80. The minimum absolute atomic E-state index is 0.473. The van der Waals surface area contributed by atoms with Crippen LogP contribution in [0.4, 0.5) is 0 Å². The highest BCUT2D eigenvalue weighted by Gasteiger charge is 2.03. The molecule has 21 heavy (non-hydrogen) atoms. The number of ether oxygens (including phenoxy) is 2. The molecule has 0 atom stereocenters. The summed E-state index contributed by atoms with van der Waals surface area (Å²) in [6.07, 6.45) is 1.37. The third-order valence-corrected chi connectivity index (χ3v) is 3.09. The van der Waals surface area contributed by atoms with Crippen LogP contribution in [0.25, 0.3) is 0 Å². The van der Waals surface area contributed by atoms with Crippen LogP contribution in [0.1, 0.15) is 16.7 Å². The van der Waals surface area contributed by atoms with Crippen molar-refractivity contribution in [1.29, 1.82) is 0 Å². The van der Waals surface area contributed by atoms with Crippen molar-refractivity contribution in [3.8, 4) is 11.5 Å². The summed E-state index contributed by atoms with van der Waals surface area (Å²) in [4.78, 5) is 0. The average Bonchev–Trinajstić information content (AvgIpc) is 2.48. The molecule has 0 amide bonds. The van der Waals surface area contributed by atoms with Crippen LogP contribution >= 0.6 is 0 Å². The van der Waals surface area contributed by atoms with Gasteiger partial charge in [-0.3, -0.25) is 0 Å². The fourth-order valence-electron chi connectivity index (χ4n) is 2.05. The molecule has 110 valence electrons. The lowest BCUT2D eigenvalue weighted by atomic mass is 10.1. The first kappa shape index (κ1) is 14.9. The topological polar surface area (TPSA) is 51.0 Å². The highest BCUT2D eigenvalue weighted by atomic mass is 16.5. The number of hydrogen-bond acceptors (Lipinski definition) is 4. The van der Waals surface area contributed by atoms with Crippen LogP contribution in [0.5, 0.6) is 11.5 Å². The summed E-state index contributed by atoms with van der Waals surface area (Å²) in [6.45, 7) is 5.03. The van der Waals surface area contributed by atoms with E-state index in [9.17, 15) is 0 Å². The Hall–Kier alpha value is -2.49. The molecule has 0 aliphatic carbocycles. The van der Waals surface area contributed by atoms with Crippen LogP contribution in [-0.4, -0.2) is 24.6 Å². The molecule has 4 nitrogen and oxygen atoms in total. The third-order valence-electron chi connectivity index (χ3n) is 3.09. The molecule has 1 N–H and O–H groups in total. The molecule has 0 aromatic heterocycles. The standard InChI is InChI=1S/C17H19NO3/c1-13-4-3-5-14(2)17(13)21-11-10-20-16-8-6-15(7-9-16)12-18-19/h3-9,12,19H,10-11H2,1-2H3/b18-12+. The minimum atomic E-state index is 0.473. The van der Waals surface area contributed by atoms with E-state index in [4.69, 9.17) is 14.7 Å². The average molecular weight is 285 g/mol. The second-order valence-electron chi connectivity index (χ2n) is 4.73. The SMILES string of the molecule is Cc1cccc(C)c1OCCOc1ccc(/C=N/O)cc1. The summed E-state index contributed by atoms with van der Waals surface area (Å²) >= 11 is 0. The Balaban J connectivity index is 1.82. The smallest absolute Gasteiger partial charge is 0.125 e. The Morgan fingerprint density at radius 1 is 0.952 bits per heavy atom. The van der Waals surface area contributed by atoms with Crippen LogP contribution in [0.2, 0.25) is 0 Å². The molecule has 0 spiro atoms. The van der Waals surface area contributed by atoms with E-state index in [-0.39, 0.29) is 0 Å². The first-order valence-electron chi connectivity index (χ1n) is 6.80. The number of rotatable bonds is 6. The highest BCUT2D eigenvalue weighted by Crippen LogP contribution is 2.22. The zero-order valence-electron chi connectivity index (χ0n) is 12.2. The second kappa shape index (κ2) is 7.33. The predicted octanol–water partition coefficient (Wildman–Crippen LogP) is 3.57. The van der Waals surface area contributed by atoms with E-state index in [1.165, 1.54) is 6.21 Å². The summed E-state index contributed by atoms with van der Waals surface area (Å²) < 4.78 is 11.4. The molecule has 2 aromatic carbocycles. The van der Waals surface area contributed by atoms with E-state index >= 15 is 0 Å². The Kier molecular flexibility index (Phi) is 5.21. The molecule has 0 unspecified atom stereocenters. The predicted molar refractivity (Wildman–Crippen MR) is 82.7 cm³/mol. The lowest BCUT2D eigenvalue weighted by Gasteiger charge is -2.12. The number of oxime groups is 1. The van der Waals surface area contributed by atoms with Crippen LogP contribution in [0.3, 0.4) is 0 Å². The molecule has 0 radical (unpaired) electrons. The molecule has 2 aromatic rings. The molecular formula is C17H19NO3. The molecule has 0 aliphatic rings. The quantitative estimate of drug-likeness (QED) is 0.382. The van der Waals surface area contributed by atoms with Gasteiger partial charge in [0.05, 0.1) is 6.21 Å². The monoisotopic (exact) mass is 285 g/mol. The van der Waals surface area contributed by atoms with Gasteiger partial charge in [-0.05, 0) is 54.8 Å². The lowest BCUT2D eigenvalue weighted by Crippen LogP contribution is -2.10. The summed E-state index contributed by atoms with van der Waals surface area (Å²) in [5, 5.41) is 11.4. The maximum atomic E-state index is 8.44. The molecule has 0 heterocycles. The van der Waals surface area contributed by atoms with Crippen molar-refractivity contribution in [3.05, 3.63) is 59.2 Å². The highest BCUT2D eigenvalue weighted by molar-refractivity contribution is 5.79. The van der Waals surface area contributed by atoms with Gasteiger partial charge in [-0.25, -0.2) is 0 Å². The van der Waals surface area contributed by atoms with Crippen LogP contribution in [0.15, 0.2) is 47.6 Å². The largest absolute Gasteiger partial charge is 0.490 e. The Bertz CT molecular complexity index is 586. The first-order chi connectivity index (χ1) is 10.2. The van der Waals surface area contributed by atoms with Gasteiger partial charge in [0, 0.05) is 0 Å². The zero-order valence-corrected chi connectivity index (χ0v) is 12.2. The van der Waals surface area contributed by atoms with E-state index in [0.29, 0.717) is 13.2 Å². The number of para-hydroxylation sites is 1. The van der Waals surface area contributed by atoms with Crippen molar-refractivity contribution in [3.63, 3.8) is 0 Å². The molecule has 2 rings (SSSR count). The molecule has 0 aliphatic heterocycles. The van der Waals surface area contributed by atoms with Gasteiger partial charge in [-0.15, -0.1) is 0 Å². The molecular weight excluding hydrogens is 266 g/mol. The van der Waals surface area contributed by atoms with Crippen molar-refractivity contribution in [2.24, 2.45) is 5.16 Å². The van der Waals surface area contributed by atoms with Crippen LogP contribution in [0, 0.1) is 13.8 Å². The number of hydrogen-bond donors (Lipinski definition) is 1. The minimum Gasteiger partial charge on any atom is -0.490 e. The van der Waals surface area contributed by atoms with Gasteiger partial charge < -0.3 is 14.7 Å². The Morgan fingerprint density at radius 3 is 2.19 bits per heavy atom. The van der Waals surface area contributed by atoms with Crippen LogP contribution < -0.4 is 9.47 Å². The van der Waals surface area contributed by atoms with Gasteiger partial charge in [0.1, 0.15) is 24.7 Å². The number of aryl methyl sites for hydroxylation is 2. The van der Waals surface area contributed by atoms with Crippen LogP contribution in [-0.2, 0) is 0 Å². The van der Waals surface area contributed by atoms with E-state index in [1.54, 1.807) is 0 Å². The molecule has 0 saturated carbocycles. The summed E-state index contributed by atoms with van der Waals surface area (Å²) in [6, 6.07) is 13.4. The van der Waals surface area contributed by atoms with Gasteiger partial charge in [0.15, 0.2) is 0 Å². The van der Waals surface area contributed by atoms with Crippen molar-refractivity contribution < 1.29 is 14.7 Å². The Labute approximate surface area is 124 Å². The van der Waals surface area contributed by atoms with Crippen molar-refractivity contribution >= 4 is 6.21 Å². The molecule has 0 saturated heterocycles. The summed E-state index contributed by atoms with van der Waals surface area (Å²) in [5.74, 6) is 1.69. The maximum Gasteiger partial charge on any atom is 0.125 e.